The summed E-state index contributed by atoms with van der Waals surface area (Å²) in [6.07, 6.45) is 3.36. The quantitative estimate of drug-likeness (QED) is 0.604. The second-order valence-corrected chi connectivity index (χ2v) is 7.01. The summed E-state index contributed by atoms with van der Waals surface area (Å²) in [6.45, 7) is 2.36. The van der Waals surface area contributed by atoms with Crippen LogP contribution >= 0.6 is 11.3 Å². The van der Waals surface area contributed by atoms with Gasteiger partial charge in [-0.1, -0.05) is 35.1 Å². The van der Waals surface area contributed by atoms with Crippen LogP contribution in [0.3, 0.4) is 0 Å². The molecule has 28 heavy (non-hydrogen) atoms. The Balaban J connectivity index is 1.41. The van der Waals surface area contributed by atoms with Crippen molar-refractivity contribution in [2.45, 2.75) is 20.1 Å². The Morgan fingerprint density at radius 2 is 1.96 bits per heavy atom. The fourth-order valence-corrected chi connectivity index (χ4v) is 2.88. The molecule has 144 valence electrons. The van der Waals surface area contributed by atoms with Crippen molar-refractivity contribution >= 4 is 28.8 Å². The van der Waals surface area contributed by atoms with Crippen LogP contribution in [0.15, 0.2) is 48.8 Å². The average Bonchev–Trinajstić information content (AvgIpc) is 3.18. The van der Waals surface area contributed by atoms with E-state index in [-0.39, 0.29) is 30.0 Å². The number of anilines is 1. The molecule has 1 aromatic carbocycles. The fourth-order valence-electron chi connectivity index (χ4n) is 2.21. The molecule has 0 bridgehead atoms. The van der Waals surface area contributed by atoms with E-state index in [2.05, 4.69) is 25.8 Å². The molecule has 2 aromatic heterocycles. The third kappa shape index (κ3) is 5.93. The van der Waals surface area contributed by atoms with Gasteiger partial charge < -0.3 is 15.4 Å². The van der Waals surface area contributed by atoms with Gasteiger partial charge in [-0.2, -0.15) is 0 Å². The van der Waals surface area contributed by atoms with E-state index < -0.39 is 0 Å². The summed E-state index contributed by atoms with van der Waals surface area (Å²) in [5, 5.41) is 14.1. The average molecular weight is 397 g/mol. The minimum Gasteiger partial charge on any atom is -0.364 e. The van der Waals surface area contributed by atoms with Gasteiger partial charge in [-0.3, -0.25) is 14.6 Å². The number of rotatable bonds is 8. The highest BCUT2D eigenvalue weighted by Crippen LogP contribution is 2.14. The zero-order chi connectivity index (χ0) is 19.8. The van der Waals surface area contributed by atoms with Crippen LogP contribution in [0, 0.1) is 6.92 Å². The molecule has 0 unspecified atom stereocenters. The lowest BCUT2D eigenvalue weighted by Gasteiger charge is -2.05. The number of aryl methyl sites for hydroxylation is 1. The van der Waals surface area contributed by atoms with E-state index in [1.54, 1.807) is 18.5 Å². The van der Waals surface area contributed by atoms with Crippen LogP contribution in [-0.4, -0.2) is 33.6 Å². The summed E-state index contributed by atoms with van der Waals surface area (Å²) in [6, 6.07) is 11.1. The van der Waals surface area contributed by atoms with Crippen LogP contribution in [-0.2, 0) is 22.7 Å². The first kappa shape index (κ1) is 19.6. The zero-order valence-electron chi connectivity index (χ0n) is 15.2. The van der Waals surface area contributed by atoms with Crippen molar-refractivity contribution in [1.82, 2.24) is 20.5 Å². The molecule has 0 radical (unpaired) electrons. The van der Waals surface area contributed by atoms with E-state index in [4.69, 9.17) is 4.74 Å². The number of amides is 2. The number of nitrogens with zero attached hydrogens (tertiary/aromatic N) is 3. The topological polar surface area (TPSA) is 106 Å². The molecular weight excluding hydrogens is 378 g/mol. The molecule has 0 atom stereocenters. The second-order valence-electron chi connectivity index (χ2n) is 5.95. The first-order chi connectivity index (χ1) is 13.6. The van der Waals surface area contributed by atoms with Gasteiger partial charge in [0.25, 0.3) is 5.91 Å². The molecule has 0 aliphatic heterocycles. The van der Waals surface area contributed by atoms with Gasteiger partial charge in [0.2, 0.25) is 10.9 Å². The summed E-state index contributed by atoms with van der Waals surface area (Å²) in [5.74, 6) is -0.576. The van der Waals surface area contributed by atoms with Crippen molar-refractivity contribution in [3.63, 3.8) is 0 Å². The van der Waals surface area contributed by atoms with Gasteiger partial charge in [-0.15, -0.1) is 10.2 Å². The molecule has 3 aromatic rings. The number of hydrogen-bond donors (Lipinski definition) is 2. The monoisotopic (exact) mass is 397 g/mol. The normalized spacial score (nSPS) is 10.5. The first-order valence-corrected chi connectivity index (χ1v) is 9.35. The van der Waals surface area contributed by atoms with Gasteiger partial charge >= 0.3 is 0 Å². The van der Waals surface area contributed by atoms with Crippen molar-refractivity contribution in [2.24, 2.45) is 0 Å². The highest BCUT2D eigenvalue weighted by molar-refractivity contribution is 7.13. The third-order valence-electron chi connectivity index (χ3n) is 3.64. The van der Waals surface area contributed by atoms with E-state index in [1.165, 1.54) is 0 Å². The van der Waals surface area contributed by atoms with Crippen molar-refractivity contribution in [1.29, 1.82) is 0 Å². The number of benzene rings is 1. The standard InChI is InChI=1S/C19H19N5O3S/c1-13-4-6-15(7-5-13)22-18(26)19-24-23-17(28-19)12-27-11-16(25)21-10-14-3-2-8-20-9-14/h2-9H,10-12H2,1H3,(H,21,25)(H,22,26). The maximum Gasteiger partial charge on any atom is 0.286 e. The van der Waals surface area contributed by atoms with Crippen LogP contribution in [0.25, 0.3) is 0 Å². The Bertz CT molecular complexity index is 928. The summed E-state index contributed by atoms with van der Waals surface area (Å²) in [7, 11) is 0. The van der Waals surface area contributed by atoms with Crippen LogP contribution in [0.2, 0.25) is 0 Å². The van der Waals surface area contributed by atoms with Crippen molar-refractivity contribution in [3.8, 4) is 0 Å². The summed E-state index contributed by atoms with van der Waals surface area (Å²) >= 11 is 1.13. The smallest absolute Gasteiger partial charge is 0.286 e. The molecule has 0 saturated heterocycles. The van der Waals surface area contributed by atoms with Gasteiger partial charge in [0, 0.05) is 24.6 Å². The molecule has 3 rings (SSSR count). The Morgan fingerprint density at radius 3 is 2.71 bits per heavy atom. The van der Waals surface area contributed by atoms with Gasteiger partial charge in [0.05, 0.1) is 0 Å². The van der Waals surface area contributed by atoms with Crippen LogP contribution in [0.5, 0.6) is 0 Å². The van der Waals surface area contributed by atoms with Crippen molar-refractivity contribution < 1.29 is 14.3 Å². The summed E-state index contributed by atoms with van der Waals surface area (Å²) in [4.78, 5) is 28.0. The van der Waals surface area contributed by atoms with Crippen LogP contribution in [0.4, 0.5) is 5.69 Å². The van der Waals surface area contributed by atoms with E-state index >= 15 is 0 Å². The minimum absolute atomic E-state index is 0.106. The highest BCUT2D eigenvalue weighted by Gasteiger charge is 2.13. The Kier molecular flexibility index (Phi) is 6.77. The maximum absolute atomic E-state index is 12.2. The lowest BCUT2D eigenvalue weighted by atomic mass is 10.2. The first-order valence-electron chi connectivity index (χ1n) is 8.54. The van der Waals surface area contributed by atoms with E-state index in [0.717, 1.165) is 22.5 Å². The van der Waals surface area contributed by atoms with Crippen LogP contribution in [0.1, 0.15) is 25.9 Å². The van der Waals surface area contributed by atoms with Crippen molar-refractivity contribution in [2.75, 3.05) is 11.9 Å². The lowest BCUT2D eigenvalue weighted by molar-refractivity contribution is -0.126. The van der Waals surface area contributed by atoms with Gasteiger partial charge in [0.15, 0.2) is 0 Å². The van der Waals surface area contributed by atoms with Crippen molar-refractivity contribution in [3.05, 3.63) is 69.9 Å². The van der Waals surface area contributed by atoms with E-state index in [0.29, 0.717) is 17.2 Å². The molecule has 2 heterocycles. The number of hydrogen-bond acceptors (Lipinski definition) is 7. The van der Waals surface area contributed by atoms with E-state index in [9.17, 15) is 9.59 Å². The van der Waals surface area contributed by atoms with Gasteiger partial charge in [-0.05, 0) is 30.7 Å². The molecule has 0 fully saturated rings. The summed E-state index contributed by atoms with van der Waals surface area (Å²) in [5.41, 5.74) is 2.70. The Morgan fingerprint density at radius 1 is 1.14 bits per heavy atom. The number of carbonyl (C=O) groups is 2. The molecular formula is C19H19N5O3S. The lowest BCUT2D eigenvalue weighted by Crippen LogP contribution is -2.27. The Labute approximate surface area is 166 Å². The fraction of sp³-hybridized carbons (Fsp3) is 0.211. The summed E-state index contributed by atoms with van der Waals surface area (Å²) < 4.78 is 5.34. The number of pyridine rings is 1. The largest absolute Gasteiger partial charge is 0.364 e. The number of carbonyl (C=O) groups excluding carboxylic acids is 2. The van der Waals surface area contributed by atoms with Crippen LogP contribution < -0.4 is 10.6 Å². The molecule has 8 nitrogen and oxygen atoms in total. The molecule has 0 saturated carbocycles. The molecule has 2 N–H and O–H groups in total. The minimum atomic E-state index is -0.332. The van der Waals surface area contributed by atoms with Gasteiger partial charge in [-0.25, -0.2) is 0 Å². The molecule has 0 aliphatic rings. The molecule has 0 aliphatic carbocycles. The molecule has 2 amide bonds. The molecule has 9 heteroatoms. The number of ether oxygens (including phenoxy) is 1. The highest BCUT2D eigenvalue weighted by atomic mass is 32.1. The SMILES string of the molecule is Cc1ccc(NC(=O)c2nnc(COCC(=O)NCc3cccnc3)s2)cc1. The van der Waals surface area contributed by atoms with Gasteiger partial charge in [0.1, 0.15) is 18.2 Å². The predicted octanol–water partition coefficient (Wildman–Crippen LogP) is 2.33. The zero-order valence-corrected chi connectivity index (χ0v) is 16.0. The number of nitrogens with one attached hydrogen (secondary N) is 2. The maximum atomic E-state index is 12.2. The third-order valence-corrected chi connectivity index (χ3v) is 4.54. The molecule has 0 spiro atoms. The number of aromatic nitrogens is 3. The second kappa shape index (κ2) is 9.67. The van der Waals surface area contributed by atoms with E-state index in [1.807, 2.05) is 37.3 Å². The predicted molar refractivity (Wildman–Crippen MR) is 105 cm³/mol. The Hall–Kier alpha value is -3.17.